The minimum absolute atomic E-state index is 0. The molecular formula is C14H29IN4S2. The van der Waals surface area contributed by atoms with Crippen LogP contribution in [0, 0.1) is 0 Å². The van der Waals surface area contributed by atoms with Crippen molar-refractivity contribution in [1.82, 2.24) is 9.91 Å². The molecule has 0 aliphatic carbocycles. The number of unbranched alkanes of at least 4 members (excludes halogenated alkanes) is 3. The molecule has 0 aromatic heterocycles. The summed E-state index contributed by atoms with van der Waals surface area (Å²) < 4.78 is 1.09. The van der Waals surface area contributed by atoms with Crippen LogP contribution in [0.25, 0.3) is 0 Å². The van der Waals surface area contributed by atoms with Crippen LogP contribution in [-0.4, -0.2) is 65.9 Å². The number of amidine groups is 1. The number of hydrogen-bond donors (Lipinski definition) is 0. The van der Waals surface area contributed by atoms with Crippen LogP contribution in [0.2, 0.25) is 0 Å². The van der Waals surface area contributed by atoms with Gasteiger partial charge in [0.1, 0.15) is 0 Å². The maximum atomic E-state index is 4.89. The summed E-state index contributed by atoms with van der Waals surface area (Å²) in [6, 6.07) is 0. The zero-order valence-electron chi connectivity index (χ0n) is 13.7. The fourth-order valence-corrected chi connectivity index (χ4v) is 5.57. The highest BCUT2D eigenvalue weighted by molar-refractivity contribution is 8.82. The Labute approximate surface area is 155 Å². The maximum absolute atomic E-state index is 4.89. The van der Waals surface area contributed by atoms with E-state index < -0.39 is 0 Å². The number of quaternary nitrogens is 1. The Morgan fingerprint density at radius 3 is 2.71 bits per heavy atom. The maximum Gasteiger partial charge on any atom is 0.206 e. The van der Waals surface area contributed by atoms with Gasteiger partial charge in [-0.3, -0.25) is 0 Å². The standard InChI is InChI=1S/C14H29N4S2.HI/c1-5-6-7-8-11-18(4)12-9-10-17(18)14-15-13(16(2)3)19-20-14;/h14H,5-12H2,1-4H3;1H/q+1;/p-1. The summed E-state index contributed by atoms with van der Waals surface area (Å²) in [5.74, 6) is 0. The largest absolute Gasteiger partial charge is 1.00 e. The molecule has 2 atom stereocenters. The molecule has 0 radical (unpaired) electrons. The van der Waals surface area contributed by atoms with Crippen LogP contribution in [0.3, 0.4) is 0 Å². The Morgan fingerprint density at radius 1 is 1.33 bits per heavy atom. The van der Waals surface area contributed by atoms with Crippen molar-refractivity contribution in [3.8, 4) is 0 Å². The first kappa shape index (κ1) is 19.9. The highest BCUT2D eigenvalue weighted by Crippen LogP contribution is 2.41. The van der Waals surface area contributed by atoms with E-state index >= 15 is 0 Å². The Balaban J connectivity index is 0.00000220. The Hall–Kier alpha value is 0.820. The molecule has 0 amide bonds. The van der Waals surface area contributed by atoms with Crippen molar-refractivity contribution >= 4 is 26.8 Å². The minimum atomic E-state index is 0. The molecule has 1 fully saturated rings. The molecule has 2 heterocycles. The lowest BCUT2D eigenvalue weighted by Crippen LogP contribution is -3.00. The summed E-state index contributed by atoms with van der Waals surface area (Å²) in [5.41, 5.74) is 0.302. The van der Waals surface area contributed by atoms with E-state index in [-0.39, 0.29) is 24.0 Å². The highest BCUT2D eigenvalue weighted by Gasteiger charge is 2.43. The third kappa shape index (κ3) is 5.16. The van der Waals surface area contributed by atoms with Crippen molar-refractivity contribution in [2.45, 2.75) is 44.5 Å². The fourth-order valence-electron chi connectivity index (χ4n) is 2.94. The van der Waals surface area contributed by atoms with Gasteiger partial charge in [-0.15, -0.1) is 5.01 Å². The topological polar surface area (TPSA) is 18.8 Å². The Kier molecular flexibility index (Phi) is 8.70. The van der Waals surface area contributed by atoms with Crippen molar-refractivity contribution in [2.75, 3.05) is 40.8 Å². The van der Waals surface area contributed by atoms with Gasteiger partial charge in [-0.25, -0.2) is 9.58 Å². The molecule has 7 heteroatoms. The smallest absolute Gasteiger partial charge is 0.206 e. The van der Waals surface area contributed by atoms with Crippen LogP contribution in [-0.2, 0) is 0 Å². The molecule has 0 spiro atoms. The number of halogens is 1. The van der Waals surface area contributed by atoms with Crippen LogP contribution < -0.4 is 24.0 Å². The first-order valence-corrected chi connectivity index (χ1v) is 9.98. The van der Waals surface area contributed by atoms with Gasteiger partial charge in [0.2, 0.25) is 5.50 Å². The molecule has 0 aromatic carbocycles. The van der Waals surface area contributed by atoms with Gasteiger partial charge < -0.3 is 28.9 Å². The quantitative estimate of drug-likeness (QED) is 0.253. The van der Waals surface area contributed by atoms with E-state index in [0.29, 0.717) is 5.50 Å². The molecule has 0 aromatic rings. The fraction of sp³-hybridized carbons (Fsp3) is 0.929. The van der Waals surface area contributed by atoms with Crippen molar-refractivity contribution in [1.29, 1.82) is 0 Å². The average molecular weight is 444 g/mol. The van der Waals surface area contributed by atoms with Crippen LogP contribution in [0.15, 0.2) is 4.99 Å². The van der Waals surface area contributed by atoms with Gasteiger partial charge >= 0.3 is 0 Å². The van der Waals surface area contributed by atoms with Gasteiger partial charge in [-0.1, -0.05) is 19.8 Å². The summed E-state index contributed by atoms with van der Waals surface area (Å²) >= 11 is 0. The number of aliphatic imine (C=N–C) groups is 1. The second-order valence-electron chi connectivity index (χ2n) is 6.18. The Morgan fingerprint density at radius 2 is 2.10 bits per heavy atom. The van der Waals surface area contributed by atoms with Gasteiger partial charge in [0, 0.05) is 20.5 Å². The van der Waals surface area contributed by atoms with Gasteiger partial charge in [0.05, 0.1) is 26.7 Å². The van der Waals surface area contributed by atoms with Gasteiger partial charge in [-0.2, -0.15) is 0 Å². The van der Waals surface area contributed by atoms with E-state index in [0.717, 1.165) is 9.76 Å². The van der Waals surface area contributed by atoms with Crippen LogP contribution >= 0.6 is 21.6 Å². The van der Waals surface area contributed by atoms with Crippen LogP contribution in [0.5, 0.6) is 0 Å². The van der Waals surface area contributed by atoms with Crippen molar-refractivity contribution < 1.29 is 28.6 Å². The first-order chi connectivity index (χ1) is 9.57. The zero-order chi connectivity index (χ0) is 14.6. The molecule has 2 aliphatic rings. The van der Waals surface area contributed by atoms with E-state index in [9.17, 15) is 0 Å². The van der Waals surface area contributed by atoms with Gasteiger partial charge in [0.25, 0.3) is 0 Å². The second-order valence-corrected chi connectivity index (χ2v) is 8.40. The lowest BCUT2D eigenvalue weighted by molar-refractivity contribution is -1.01. The van der Waals surface area contributed by atoms with Gasteiger partial charge in [-0.05, 0) is 34.4 Å². The monoisotopic (exact) mass is 444 g/mol. The first-order valence-electron chi connectivity index (χ1n) is 7.77. The number of rotatable bonds is 6. The molecular weight excluding hydrogens is 415 g/mol. The second kappa shape index (κ2) is 9.20. The van der Waals surface area contributed by atoms with E-state index in [1.165, 1.54) is 51.7 Å². The van der Waals surface area contributed by atoms with E-state index in [1.54, 1.807) is 0 Å². The van der Waals surface area contributed by atoms with Gasteiger partial charge in [0.15, 0.2) is 5.17 Å². The molecule has 0 N–H and O–H groups in total. The molecule has 0 saturated carbocycles. The van der Waals surface area contributed by atoms with E-state index in [4.69, 9.17) is 4.99 Å². The molecule has 1 saturated heterocycles. The normalized spacial score (nSPS) is 29.3. The summed E-state index contributed by atoms with van der Waals surface area (Å²) in [4.78, 5) is 7.01. The SMILES string of the molecule is CCCCCC[N+]1(C)CCCN1C1N=C(N(C)C)SS1.[I-]. The van der Waals surface area contributed by atoms with Crippen molar-refractivity contribution in [3.63, 3.8) is 0 Å². The average Bonchev–Trinajstić information content (AvgIpc) is 3.01. The summed E-state index contributed by atoms with van der Waals surface area (Å²) in [6.07, 6.45) is 6.71. The number of nitrogens with zero attached hydrogens (tertiary/aromatic N) is 4. The summed E-state index contributed by atoms with van der Waals surface area (Å²) in [6.45, 7) is 6.02. The van der Waals surface area contributed by atoms with Crippen LogP contribution in [0.4, 0.5) is 0 Å². The predicted molar refractivity (Wildman–Crippen MR) is 91.5 cm³/mol. The number of hydrogen-bond acceptors (Lipinski definition) is 5. The minimum Gasteiger partial charge on any atom is -1.00 e. The lowest BCUT2D eigenvalue weighted by atomic mass is 10.2. The zero-order valence-corrected chi connectivity index (χ0v) is 17.5. The summed E-state index contributed by atoms with van der Waals surface area (Å²) in [7, 11) is 10.3. The lowest BCUT2D eigenvalue weighted by Gasteiger charge is -2.38. The molecule has 2 aliphatic heterocycles. The van der Waals surface area contributed by atoms with Crippen LogP contribution in [0.1, 0.15) is 39.0 Å². The van der Waals surface area contributed by atoms with Crippen molar-refractivity contribution in [3.05, 3.63) is 0 Å². The molecule has 21 heavy (non-hydrogen) atoms. The molecule has 0 bridgehead atoms. The molecule has 4 nitrogen and oxygen atoms in total. The highest BCUT2D eigenvalue weighted by atomic mass is 127. The molecule has 124 valence electrons. The molecule has 2 rings (SSSR count). The van der Waals surface area contributed by atoms with E-state index in [2.05, 4.69) is 38.0 Å². The third-order valence-electron chi connectivity index (χ3n) is 4.21. The summed E-state index contributed by atoms with van der Waals surface area (Å²) in [5, 5.41) is 3.75. The predicted octanol–water partition coefficient (Wildman–Crippen LogP) is 0.234. The van der Waals surface area contributed by atoms with Crippen molar-refractivity contribution in [2.24, 2.45) is 4.99 Å². The van der Waals surface area contributed by atoms with E-state index in [1.807, 2.05) is 21.6 Å². The third-order valence-corrected chi connectivity index (χ3v) is 6.70. The Bertz CT molecular complexity index is 354. The molecule has 2 unspecified atom stereocenters.